The molecule has 0 rings (SSSR count). The van der Waals surface area contributed by atoms with E-state index in [1.165, 1.54) is 6.92 Å². The second kappa shape index (κ2) is 4.87. The van der Waals surface area contributed by atoms with Crippen molar-refractivity contribution in [2.45, 2.75) is 32.0 Å². The van der Waals surface area contributed by atoms with Gasteiger partial charge in [0.2, 0.25) is 0 Å². The minimum absolute atomic E-state index is 0.308. The molecule has 0 aromatic heterocycles. The second-order valence-corrected chi connectivity index (χ2v) is 3.22. The molecule has 0 aromatic rings. The van der Waals surface area contributed by atoms with Crippen molar-refractivity contribution < 1.29 is 18.0 Å². The third-order valence-electron chi connectivity index (χ3n) is 1.79. The van der Waals surface area contributed by atoms with Gasteiger partial charge in [-0.3, -0.25) is 0 Å². The molecule has 0 fully saturated rings. The lowest BCUT2D eigenvalue weighted by Gasteiger charge is -2.21. The van der Waals surface area contributed by atoms with Crippen molar-refractivity contribution in [1.29, 1.82) is 5.26 Å². The Morgan fingerprint density at radius 2 is 2.00 bits per heavy atom. The van der Waals surface area contributed by atoms with Gasteiger partial charge in [-0.05, 0) is 13.3 Å². The number of halogens is 3. The van der Waals surface area contributed by atoms with Gasteiger partial charge in [-0.2, -0.15) is 18.4 Å². The van der Waals surface area contributed by atoms with E-state index >= 15 is 0 Å². The number of carbonyl (C=O) groups excluding carboxylic acids is 1. The number of alkyl halides is 3. The number of carbonyl (C=O) groups is 1. The van der Waals surface area contributed by atoms with Crippen LogP contribution in [-0.2, 0) is 0 Å². The van der Waals surface area contributed by atoms with Gasteiger partial charge in [0.15, 0.2) is 0 Å². The predicted molar refractivity (Wildman–Crippen MR) is 46.9 cm³/mol. The number of hydrogen-bond donors (Lipinski definition) is 2. The fourth-order valence-electron chi connectivity index (χ4n) is 0.671. The van der Waals surface area contributed by atoms with Gasteiger partial charge >= 0.3 is 12.2 Å². The Balaban J connectivity index is 4.11. The van der Waals surface area contributed by atoms with Crippen molar-refractivity contribution in [3.05, 3.63) is 0 Å². The summed E-state index contributed by atoms with van der Waals surface area (Å²) in [5.74, 6) is 0. The Morgan fingerprint density at radius 3 is 2.33 bits per heavy atom. The summed E-state index contributed by atoms with van der Waals surface area (Å²) < 4.78 is 35.1. The van der Waals surface area contributed by atoms with E-state index in [2.05, 4.69) is 5.32 Å². The molecule has 0 bridgehead atoms. The maximum atomic E-state index is 11.7. The van der Waals surface area contributed by atoms with Crippen LogP contribution in [-0.4, -0.2) is 24.3 Å². The largest absolute Gasteiger partial charge is 0.405 e. The lowest BCUT2D eigenvalue weighted by Crippen LogP contribution is -2.50. The molecule has 0 aliphatic rings. The summed E-state index contributed by atoms with van der Waals surface area (Å²) in [4.78, 5) is 10.9. The SMILES string of the molecule is CCC(C)(C#N)NC(=O)NCC(F)(F)F. The van der Waals surface area contributed by atoms with Crippen LogP contribution in [0.15, 0.2) is 0 Å². The molecule has 0 aromatic carbocycles. The highest BCUT2D eigenvalue weighted by atomic mass is 19.4. The molecular weight excluding hydrogens is 211 g/mol. The maximum absolute atomic E-state index is 11.7. The maximum Gasteiger partial charge on any atom is 0.405 e. The van der Waals surface area contributed by atoms with Crippen molar-refractivity contribution in [2.24, 2.45) is 0 Å². The van der Waals surface area contributed by atoms with Gasteiger partial charge < -0.3 is 10.6 Å². The van der Waals surface area contributed by atoms with E-state index in [1.54, 1.807) is 18.3 Å². The molecule has 4 nitrogen and oxygen atoms in total. The van der Waals surface area contributed by atoms with Gasteiger partial charge in [-0.25, -0.2) is 4.79 Å². The number of nitrogens with one attached hydrogen (secondary N) is 2. The lowest BCUT2D eigenvalue weighted by molar-refractivity contribution is -0.122. The van der Waals surface area contributed by atoms with E-state index in [4.69, 9.17) is 5.26 Å². The minimum Gasteiger partial charge on any atom is -0.329 e. The van der Waals surface area contributed by atoms with Crippen LogP contribution in [0.2, 0.25) is 0 Å². The molecule has 2 N–H and O–H groups in total. The number of urea groups is 1. The average molecular weight is 223 g/mol. The highest BCUT2D eigenvalue weighted by molar-refractivity contribution is 5.75. The normalized spacial score (nSPS) is 14.9. The fourth-order valence-corrected chi connectivity index (χ4v) is 0.671. The van der Waals surface area contributed by atoms with Crippen molar-refractivity contribution in [3.8, 4) is 6.07 Å². The molecule has 0 radical (unpaired) electrons. The van der Waals surface area contributed by atoms with Gasteiger partial charge in [-0.15, -0.1) is 0 Å². The molecule has 0 saturated heterocycles. The molecular formula is C8H12F3N3O. The zero-order chi connectivity index (χ0) is 12.1. The van der Waals surface area contributed by atoms with Gasteiger partial charge in [0.05, 0.1) is 6.07 Å². The number of rotatable bonds is 3. The second-order valence-electron chi connectivity index (χ2n) is 3.22. The van der Waals surface area contributed by atoms with Crippen molar-refractivity contribution in [2.75, 3.05) is 6.54 Å². The van der Waals surface area contributed by atoms with Crippen molar-refractivity contribution in [1.82, 2.24) is 10.6 Å². The topological polar surface area (TPSA) is 64.9 Å². The molecule has 0 aliphatic carbocycles. The summed E-state index contributed by atoms with van der Waals surface area (Å²) in [6, 6.07) is 0.801. The third kappa shape index (κ3) is 5.78. The van der Waals surface area contributed by atoms with E-state index in [9.17, 15) is 18.0 Å². The van der Waals surface area contributed by atoms with E-state index in [-0.39, 0.29) is 0 Å². The zero-order valence-corrected chi connectivity index (χ0v) is 8.40. The monoisotopic (exact) mass is 223 g/mol. The van der Waals surface area contributed by atoms with Crippen LogP contribution >= 0.6 is 0 Å². The first-order chi connectivity index (χ1) is 6.72. The number of hydrogen-bond acceptors (Lipinski definition) is 2. The van der Waals surface area contributed by atoms with Gasteiger partial charge in [0.25, 0.3) is 0 Å². The van der Waals surface area contributed by atoms with E-state index < -0.39 is 24.3 Å². The Morgan fingerprint density at radius 1 is 1.47 bits per heavy atom. The number of nitriles is 1. The Kier molecular flexibility index (Phi) is 4.40. The highest BCUT2D eigenvalue weighted by Gasteiger charge is 2.29. The Labute approximate surface area is 85.4 Å². The van der Waals surface area contributed by atoms with Crippen molar-refractivity contribution >= 4 is 6.03 Å². The molecule has 86 valence electrons. The van der Waals surface area contributed by atoms with E-state index in [0.717, 1.165) is 0 Å². The predicted octanol–water partition coefficient (Wildman–Crippen LogP) is 1.54. The molecule has 1 unspecified atom stereocenters. The van der Waals surface area contributed by atoms with Gasteiger partial charge in [-0.1, -0.05) is 6.92 Å². The molecule has 15 heavy (non-hydrogen) atoms. The molecule has 0 spiro atoms. The summed E-state index contributed by atoms with van der Waals surface area (Å²) >= 11 is 0. The summed E-state index contributed by atoms with van der Waals surface area (Å²) in [5, 5.41) is 12.4. The highest BCUT2D eigenvalue weighted by Crippen LogP contribution is 2.12. The van der Waals surface area contributed by atoms with Crippen molar-refractivity contribution in [3.63, 3.8) is 0 Å². The summed E-state index contributed by atoms with van der Waals surface area (Å²) in [6.45, 7) is 1.66. The quantitative estimate of drug-likeness (QED) is 0.762. The van der Waals surface area contributed by atoms with Crippen LogP contribution in [0.4, 0.5) is 18.0 Å². The number of nitrogens with zero attached hydrogens (tertiary/aromatic N) is 1. The van der Waals surface area contributed by atoms with Gasteiger partial charge in [0.1, 0.15) is 12.1 Å². The smallest absolute Gasteiger partial charge is 0.329 e. The first-order valence-electron chi connectivity index (χ1n) is 4.26. The summed E-state index contributed by atoms with van der Waals surface area (Å²) in [5.41, 5.74) is -1.14. The van der Waals surface area contributed by atoms with Crippen LogP contribution in [0.5, 0.6) is 0 Å². The lowest BCUT2D eigenvalue weighted by atomic mass is 10.0. The van der Waals surface area contributed by atoms with E-state index in [0.29, 0.717) is 6.42 Å². The zero-order valence-electron chi connectivity index (χ0n) is 8.40. The summed E-state index contributed by atoms with van der Waals surface area (Å²) in [7, 11) is 0. The minimum atomic E-state index is -4.45. The van der Waals surface area contributed by atoms with Gasteiger partial charge in [0, 0.05) is 0 Å². The van der Waals surface area contributed by atoms with Crippen LogP contribution in [0.3, 0.4) is 0 Å². The summed E-state index contributed by atoms with van der Waals surface area (Å²) in [6.07, 6.45) is -4.14. The molecule has 2 amide bonds. The molecule has 0 heterocycles. The first kappa shape index (κ1) is 13.5. The van der Waals surface area contributed by atoms with Crippen LogP contribution in [0.1, 0.15) is 20.3 Å². The average Bonchev–Trinajstić information content (AvgIpc) is 2.13. The molecule has 1 atom stereocenters. The van der Waals surface area contributed by atoms with Crippen LogP contribution in [0.25, 0.3) is 0 Å². The van der Waals surface area contributed by atoms with Crippen LogP contribution in [0, 0.1) is 11.3 Å². The van der Waals surface area contributed by atoms with E-state index in [1.807, 2.05) is 0 Å². The molecule has 0 saturated carbocycles. The number of amides is 2. The molecule has 7 heteroatoms. The molecule has 0 aliphatic heterocycles. The van der Waals surface area contributed by atoms with Crippen LogP contribution < -0.4 is 10.6 Å². The Bertz CT molecular complexity index is 271. The standard InChI is InChI=1S/C8H12F3N3O/c1-3-7(2,4-12)14-6(15)13-5-8(9,10)11/h3,5H2,1-2H3,(H2,13,14,15). The Hall–Kier alpha value is -1.45. The third-order valence-corrected chi connectivity index (χ3v) is 1.79. The first-order valence-corrected chi connectivity index (χ1v) is 4.26. The fraction of sp³-hybridized carbons (Fsp3) is 0.750.